The van der Waals surface area contributed by atoms with Gasteiger partial charge in [0.15, 0.2) is 0 Å². The third kappa shape index (κ3) is 5.42. The summed E-state index contributed by atoms with van der Waals surface area (Å²) in [6.07, 6.45) is 7.94. The Morgan fingerprint density at radius 3 is 2.17 bits per heavy atom. The lowest BCUT2D eigenvalue weighted by Gasteiger charge is -2.45. The van der Waals surface area contributed by atoms with Gasteiger partial charge in [-0.3, -0.25) is 9.69 Å². The van der Waals surface area contributed by atoms with Crippen LogP contribution in [0.25, 0.3) is 11.0 Å². The Kier molecular flexibility index (Phi) is 8.22. The van der Waals surface area contributed by atoms with Crippen molar-refractivity contribution in [3.05, 3.63) is 100 Å². The first-order valence-electron chi connectivity index (χ1n) is 17.0. The van der Waals surface area contributed by atoms with Crippen LogP contribution in [-0.4, -0.2) is 70.1 Å². The smallest absolute Gasteiger partial charge is 0.338 e. The molecule has 0 saturated carbocycles. The summed E-state index contributed by atoms with van der Waals surface area (Å²) >= 11 is 0. The van der Waals surface area contributed by atoms with Gasteiger partial charge in [0.25, 0.3) is 5.91 Å². The largest absolute Gasteiger partial charge is 0.465 e. The predicted octanol–water partition coefficient (Wildman–Crippen LogP) is 7.18. The molecule has 2 atom stereocenters. The topological polar surface area (TPSA) is 67.7 Å². The number of hydrogen-bond donors (Lipinski definition) is 0. The molecule has 3 aromatic carbocycles. The van der Waals surface area contributed by atoms with E-state index < -0.39 is 0 Å². The molecule has 3 saturated heterocycles. The molecule has 7 heteroatoms. The van der Waals surface area contributed by atoms with Gasteiger partial charge in [0.1, 0.15) is 5.82 Å². The average molecular weight is 619 g/mol. The molecule has 2 unspecified atom stereocenters. The van der Waals surface area contributed by atoms with Gasteiger partial charge >= 0.3 is 5.97 Å². The van der Waals surface area contributed by atoms with Crippen LogP contribution in [0.5, 0.6) is 0 Å². The Labute approximate surface area is 272 Å². The number of amides is 1. The monoisotopic (exact) mass is 618 g/mol. The fourth-order valence-electron chi connectivity index (χ4n) is 8.95. The van der Waals surface area contributed by atoms with E-state index in [-0.39, 0.29) is 17.3 Å². The highest BCUT2D eigenvalue weighted by atomic mass is 16.5. The molecule has 7 rings (SSSR count). The van der Waals surface area contributed by atoms with Gasteiger partial charge in [-0.15, -0.1) is 0 Å². The Morgan fingerprint density at radius 2 is 1.48 bits per heavy atom. The highest BCUT2D eigenvalue weighted by molar-refractivity contribution is 5.98. The highest BCUT2D eigenvalue weighted by Crippen LogP contribution is 2.45. The Hall–Kier alpha value is -3.97. The summed E-state index contributed by atoms with van der Waals surface area (Å²) < 4.78 is 7.45. The van der Waals surface area contributed by atoms with Crippen molar-refractivity contribution >= 4 is 22.9 Å². The first-order chi connectivity index (χ1) is 22.3. The van der Waals surface area contributed by atoms with Gasteiger partial charge in [0, 0.05) is 36.8 Å². The number of piperidine rings is 2. The van der Waals surface area contributed by atoms with E-state index in [4.69, 9.17) is 9.72 Å². The fraction of sp³-hybridized carbons (Fsp3) is 0.462. The van der Waals surface area contributed by atoms with E-state index in [0.717, 1.165) is 61.4 Å². The van der Waals surface area contributed by atoms with Crippen molar-refractivity contribution < 1.29 is 14.3 Å². The Morgan fingerprint density at radius 1 is 0.848 bits per heavy atom. The number of methoxy groups -OCH3 is 1. The number of aromatic nitrogens is 2. The standard InChI is InChI=1S/C39H46N4O3/c1-26-23-34(38(45)46-4)27(2)22-33(26)37(44)41-19-16-39(17-20-41,29-10-6-5-7-11-29)18-21-42-30-14-15-31(42)25-32(24-30)43-28(3)40-35-12-8-9-13-36(35)43/h5-13,22-23,30-32H,14-21,24-25H2,1-4H3. The van der Waals surface area contributed by atoms with Crippen LogP contribution in [0.2, 0.25) is 0 Å². The third-order valence-corrected chi connectivity index (χ3v) is 11.4. The van der Waals surface area contributed by atoms with Crippen LogP contribution < -0.4 is 0 Å². The minimum atomic E-state index is -0.367. The quantitative estimate of drug-likeness (QED) is 0.205. The molecule has 0 aliphatic carbocycles. The van der Waals surface area contributed by atoms with Crippen LogP contribution in [0, 0.1) is 20.8 Å². The maximum absolute atomic E-state index is 13.8. The molecular weight excluding hydrogens is 572 g/mol. The van der Waals surface area contributed by atoms with Gasteiger partial charge in [-0.05, 0) is 119 Å². The number of esters is 1. The number of likely N-dealkylation sites (tertiary alicyclic amines) is 1. The second kappa shape index (κ2) is 12.3. The first-order valence-corrected chi connectivity index (χ1v) is 17.0. The summed E-state index contributed by atoms with van der Waals surface area (Å²) in [6.45, 7) is 8.50. The molecule has 1 aromatic heterocycles. The SMILES string of the molecule is COC(=O)c1cc(C)c(C(=O)N2CCC(CCN3C4CCC3CC(n3c(C)nc5ccccc53)C4)(c3ccccc3)CC2)cc1C. The minimum absolute atomic E-state index is 0.0468. The van der Waals surface area contributed by atoms with Crippen molar-refractivity contribution in [3.8, 4) is 0 Å². The molecule has 240 valence electrons. The van der Waals surface area contributed by atoms with Crippen LogP contribution in [0.1, 0.15) is 94.2 Å². The van der Waals surface area contributed by atoms with Crippen molar-refractivity contribution in [2.75, 3.05) is 26.7 Å². The molecule has 3 aliphatic rings. The van der Waals surface area contributed by atoms with E-state index in [1.165, 1.54) is 43.9 Å². The molecule has 0 spiro atoms. The van der Waals surface area contributed by atoms with E-state index in [9.17, 15) is 9.59 Å². The number of fused-ring (bicyclic) bond motifs is 3. The van der Waals surface area contributed by atoms with E-state index in [1.54, 1.807) is 6.07 Å². The summed E-state index contributed by atoms with van der Waals surface area (Å²) in [5, 5.41) is 0. The molecule has 4 aromatic rings. The second-order valence-electron chi connectivity index (χ2n) is 13.9. The van der Waals surface area contributed by atoms with E-state index >= 15 is 0 Å². The zero-order valence-electron chi connectivity index (χ0n) is 27.7. The van der Waals surface area contributed by atoms with E-state index in [2.05, 4.69) is 71.0 Å². The molecule has 7 nitrogen and oxygen atoms in total. The number of benzene rings is 3. The normalized spacial score (nSPS) is 22.7. The van der Waals surface area contributed by atoms with Crippen LogP contribution >= 0.6 is 0 Å². The number of carbonyl (C=O) groups excluding carboxylic acids is 2. The summed E-state index contributed by atoms with van der Waals surface area (Å²) in [4.78, 5) is 35.7. The van der Waals surface area contributed by atoms with Gasteiger partial charge in [-0.1, -0.05) is 42.5 Å². The van der Waals surface area contributed by atoms with Crippen LogP contribution in [0.15, 0.2) is 66.7 Å². The van der Waals surface area contributed by atoms with Crippen molar-refractivity contribution in [2.24, 2.45) is 0 Å². The average Bonchev–Trinajstić information content (AvgIpc) is 3.54. The molecule has 0 N–H and O–H groups in total. The number of aryl methyl sites for hydroxylation is 3. The lowest BCUT2D eigenvalue weighted by atomic mass is 9.70. The fourth-order valence-corrected chi connectivity index (χ4v) is 8.95. The Bertz CT molecular complexity index is 1740. The van der Waals surface area contributed by atoms with E-state index in [0.29, 0.717) is 29.3 Å². The number of para-hydroxylation sites is 2. The van der Waals surface area contributed by atoms with Gasteiger partial charge in [0.2, 0.25) is 0 Å². The third-order valence-electron chi connectivity index (χ3n) is 11.4. The zero-order valence-corrected chi connectivity index (χ0v) is 27.7. The maximum atomic E-state index is 13.8. The number of rotatable bonds is 7. The van der Waals surface area contributed by atoms with Gasteiger partial charge in [0.05, 0.1) is 23.7 Å². The number of hydrogen-bond acceptors (Lipinski definition) is 5. The molecule has 1 amide bonds. The molecule has 4 heterocycles. The summed E-state index contributed by atoms with van der Waals surface area (Å²) in [5.74, 6) is 0.822. The van der Waals surface area contributed by atoms with Crippen molar-refractivity contribution in [1.82, 2.24) is 19.4 Å². The van der Waals surface area contributed by atoms with Crippen LogP contribution in [0.3, 0.4) is 0 Å². The molecular formula is C39H46N4O3. The minimum Gasteiger partial charge on any atom is -0.465 e. The number of nitrogens with zero attached hydrogens (tertiary/aromatic N) is 4. The lowest BCUT2D eigenvalue weighted by molar-refractivity contribution is 0.0589. The Balaban J connectivity index is 1.06. The van der Waals surface area contributed by atoms with E-state index in [1.807, 2.05) is 24.8 Å². The van der Waals surface area contributed by atoms with Gasteiger partial charge in [-0.25, -0.2) is 9.78 Å². The maximum Gasteiger partial charge on any atom is 0.338 e. The second-order valence-corrected chi connectivity index (χ2v) is 13.9. The molecule has 46 heavy (non-hydrogen) atoms. The predicted molar refractivity (Wildman–Crippen MR) is 181 cm³/mol. The summed E-state index contributed by atoms with van der Waals surface area (Å²) in [7, 11) is 1.39. The first kappa shape index (κ1) is 30.7. The molecule has 0 radical (unpaired) electrons. The van der Waals surface area contributed by atoms with Crippen molar-refractivity contribution in [2.45, 2.75) is 89.3 Å². The van der Waals surface area contributed by atoms with Crippen LogP contribution in [0.4, 0.5) is 0 Å². The summed E-state index contributed by atoms with van der Waals surface area (Å²) in [6, 6.07) is 25.0. The number of imidazole rings is 1. The highest BCUT2D eigenvalue weighted by Gasteiger charge is 2.44. The number of carbonyl (C=O) groups is 2. The number of ether oxygens (including phenoxy) is 1. The van der Waals surface area contributed by atoms with Gasteiger partial charge in [-0.2, -0.15) is 0 Å². The molecule has 3 aliphatic heterocycles. The zero-order chi connectivity index (χ0) is 32.0. The van der Waals surface area contributed by atoms with Crippen LogP contribution in [-0.2, 0) is 10.2 Å². The molecule has 3 fully saturated rings. The van der Waals surface area contributed by atoms with Crippen molar-refractivity contribution in [1.29, 1.82) is 0 Å². The molecule has 2 bridgehead atoms. The summed E-state index contributed by atoms with van der Waals surface area (Å²) in [5.41, 5.74) is 6.60. The van der Waals surface area contributed by atoms with Crippen molar-refractivity contribution in [3.63, 3.8) is 0 Å². The van der Waals surface area contributed by atoms with Gasteiger partial charge < -0.3 is 14.2 Å². The lowest BCUT2D eigenvalue weighted by Crippen LogP contribution is -2.49.